The average Bonchev–Trinajstić information content (AvgIpc) is 2.78. The molecule has 9 heteroatoms. The van der Waals surface area contributed by atoms with E-state index in [1.807, 2.05) is 18.2 Å². The number of amides is 2. The number of methoxy groups -OCH3 is 2. The lowest BCUT2D eigenvalue weighted by Gasteiger charge is -2.24. The Hall–Kier alpha value is -3.88. The van der Waals surface area contributed by atoms with Crippen molar-refractivity contribution >= 4 is 28.4 Å². The maximum absolute atomic E-state index is 13.5. The third-order valence-corrected chi connectivity index (χ3v) is 5.52. The van der Waals surface area contributed by atoms with Crippen molar-refractivity contribution in [2.75, 3.05) is 19.5 Å². The summed E-state index contributed by atoms with van der Waals surface area (Å²) in [5.41, 5.74) is 1.71. The van der Waals surface area contributed by atoms with Crippen LogP contribution in [0.2, 0.25) is 0 Å². The molecule has 4 rings (SSSR count). The van der Waals surface area contributed by atoms with Crippen LogP contribution in [0.15, 0.2) is 41.2 Å². The van der Waals surface area contributed by atoms with Gasteiger partial charge in [0.15, 0.2) is 0 Å². The second kappa shape index (κ2) is 8.70. The first-order chi connectivity index (χ1) is 15.4. The summed E-state index contributed by atoms with van der Waals surface area (Å²) < 4.78 is 12.0. The minimum atomic E-state index is -0.771. The Balaban J connectivity index is 1.73. The third kappa shape index (κ3) is 4.01. The van der Waals surface area contributed by atoms with Crippen LogP contribution in [0.25, 0.3) is 10.9 Å². The summed E-state index contributed by atoms with van der Waals surface area (Å²) in [7, 11) is 3.17. The van der Waals surface area contributed by atoms with Crippen molar-refractivity contribution < 1.29 is 19.1 Å². The van der Waals surface area contributed by atoms with Crippen LogP contribution in [0.5, 0.6) is 11.5 Å². The topological polar surface area (TPSA) is 112 Å². The number of nitrogens with one attached hydrogen (secondary N) is 2. The number of carbonyl (C=O) groups is 2. The summed E-state index contributed by atoms with van der Waals surface area (Å²) >= 11 is 0. The number of piperidine rings is 1. The lowest BCUT2D eigenvalue weighted by atomic mass is 10.1. The van der Waals surface area contributed by atoms with Crippen molar-refractivity contribution in [2.45, 2.75) is 32.4 Å². The van der Waals surface area contributed by atoms with Gasteiger partial charge in [0.25, 0.3) is 5.56 Å². The second-order valence-corrected chi connectivity index (χ2v) is 7.58. The number of ether oxygens (including phenoxy) is 2. The fraction of sp³-hybridized carbons (Fsp3) is 0.304. The van der Waals surface area contributed by atoms with Gasteiger partial charge in [0.05, 0.1) is 25.1 Å². The summed E-state index contributed by atoms with van der Waals surface area (Å²) in [6.45, 7) is 2.10. The van der Waals surface area contributed by atoms with E-state index < -0.39 is 11.9 Å². The van der Waals surface area contributed by atoms with E-state index in [2.05, 4.69) is 15.6 Å². The Morgan fingerprint density at radius 3 is 2.50 bits per heavy atom. The SMILES string of the molecule is COc1cc(CNc2cccc3nc(C)n(C4CCC(=O)NC4=O)c(=O)c23)cc(OC)c1. The number of aryl methyl sites for hydroxylation is 1. The molecule has 1 atom stereocenters. The zero-order valence-corrected chi connectivity index (χ0v) is 18.1. The zero-order chi connectivity index (χ0) is 22.8. The van der Waals surface area contributed by atoms with Gasteiger partial charge in [-0.1, -0.05) is 6.07 Å². The molecule has 1 aliphatic rings. The zero-order valence-electron chi connectivity index (χ0n) is 18.1. The molecule has 1 aromatic heterocycles. The van der Waals surface area contributed by atoms with Gasteiger partial charge in [-0.25, -0.2) is 4.98 Å². The molecule has 0 saturated carbocycles. The van der Waals surface area contributed by atoms with Crippen LogP contribution in [-0.2, 0) is 16.1 Å². The second-order valence-electron chi connectivity index (χ2n) is 7.58. The van der Waals surface area contributed by atoms with E-state index in [1.54, 1.807) is 39.3 Å². The van der Waals surface area contributed by atoms with Crippen molar-refractivity contribution in [1.29, 1.82) is 0 Å². The Morgan fingerprint density at radius 1 is 1.12 bits per heavy atom. The Kier molecular flexibility index (Phi) is 5.81. The van der Waals surface area contributed by atoms with Crippen LogP contribution in [-0.4, -0.2) is 35.6 Å². The Morgan fingerprint density at radius 2 is 1.84 bits per heavy atom. The first-order valence-corrected chi connectivity index (χ1v) is 10.2. The fourth-order valence-corrected chi connectivity index (χ4v) is 3.96. The first kappa shape index (κ1) is 21.4. The summed E-state index contributed by atoms with van der Waals surface area (Å²) in [4.78, 5) is 42.0. The van der Waals surface area contributed by atoms with E-state index in [4.69, 9.17) is 9.47 Å². The van der Waals surface area contributed by atoms with Gasteiger partial charge in [0, 0.05) is 24.7 Å². The van der Waals surface area contributed by atoms with Gasteiger partial charge in [-0.3, -0.25) is 24.3 Å². The van der Waals surface area contributed by atoms with Crippen molar-refractivity contribution in [1.82, 2.24) is 14.9 Å². The van der Waals surface area contributed by atoms with Crippen molar-refractivity contribution in [3.05, 3.63) is 58.1 Å². The molecule has 0 spiro atoms. The molecule has 1 fully saturated rings. The fourth-order valence-electron chi connectivity index (χ4n) is 3.96. The van der Waals surface area contributed by atoms with E-state index in [0.717, 1.165) is 5.56 Å². The number of rotatable bonds is 6. The summed E-state index contributed by atoms with van der Waals surface area (Å²) in [6, 6.07) is 10.2. The Labute approximate surface area is 184 Å². The van der Waals surface area contributed by atoms with E-state index in [9.17, 15) is 14.4 Å². The van der Waals surface area contributed by atoms with Crippen LogP contribution in [0.3, 0.4) is 0 Å². The van der Waals surface area contributed by atoms with Gasteiger partial charge < -0.3 is 14.8 Å². The predicted octanol–water partition coefficient (Wildman–Crippen LogP) is 2.31. The van der Waals surface area contributed by atoms with Gasteiger partial charge in [-0.15, -0.1) is 0 Å². The molecule has 32 heavy (non-hydrogen) atoms. The van der Waals surface area contributed by atoms with Gasteiger partial charge in [0.1, 0.15) is 23.4 Å². The minimum absolute atomic E-state index is 0.178. The molecule has 2 amide bonds. The van der Waals surface area contributed by atoms with E-state index in [0.29, 0.717) is 40.5 Å². The molecule has 166 valence electrons. The average molecular weight is 436 g/mol. The Bertz CT molecular complexity index is 1240. The number of fused-ring (bicyclic) bond motifs is 1. The van der Waals surface area contributed by atoms with Gasteiger partial charge in [-0.05, 0) is 43.2 Å². The van der Waals surface area contributed by atoms with Crippen LogP contribution in [0, 0.1) is 6.92 Å². The summed E-state index contributed by atoms with van der Waals surface area (Å²) in [5, 5.41) is 5.99. The molecule has 3 aromatic rings. The quantitative estimate of drug-likeness (QED) is 0.571. The highest BCUT2D eigenvalue weighted by molar-refractivity contribution is 5.99. The van der Waals surface area contributed by atoms with Crippen LogP contribution < -0.4 is 25.7 Å². The normalized spacial score (nSPS) is 16.0. The number of nitrogens with zero attached hydrogens (tertiary/aromatic N) is 2. The highest BCUT2D eigenvalue weighted by Gasteiger charge is 2.30. The largest absolute Gasteiger partial charge is 0.497 e. The number of carbonyl (C=O) groups excluding carboxylic acids is 2. The lowest BCUT2D eigenvalue weighted by Crippen LogP contribution is -2.45. The third-order valence-electron chi connectivity index (χ3n) is 5.52. The van der Waals surface area contributed by atoms with Gasteiger partial charge >= 0.3 is 0 Å². The van der Waals surface area contributed by atoms with E-state index in [1.165, 1.54) is 4.57 Å². The van der Waals surface area contributed by atoms with Crippen LogP contribution in [0.1, 0.15) is 30.3 Å². The van der Waals surface area contributed by atoms with Gasteiger partial charge in [0.2, 0.25) is 11.8 Å². The molecule has 1 saturated heterocycles. The molecule has 0 bridgehead atoms. The number of benzene rings is 2. The van der Waals surface area contributed by atoms with E-state index in [-0.39, 0.29) is 24.3 Å². The van der Waals surface area contributed by atoms with Crippen molar-refractivity contribution in [3.63, 3.8) is 0 Å². The lowest BCUT2D eigenvalue weighted by molar-refractivity contribution is -0.135. The standard InChI is InChI=1S/C23H24N4O5/c1-13-25-18-6-4-5-17(24-12-14-9-15(31-2)11-16(10-14)32-3)21(18)23(30)27(13)19-7-8-20(28)26-22(19)29/h4-6,9-11,19,24H,7-8,12H2,1-3H3,(H,26,28,29). The summed E-state index contributed by atoms with van der Waals surface area (Å²) in [5.74, 6) is 0.933. The maximum atomic E-state index is 13.5. The first-order valence-electron chi connectivity index (χ1n) is 10.2. The molecule has 2 heterocycles. The van der Waals surface area contributed by atoms with Crippen molar-refractivity contribution in [2.24, 2.45) is 0 Å². The highest BCUT2D eigenvalue weighted by atomic mass is 16.5. The number of hydrogen-bond acceptors (Lipinski definition) is 7. The van der Waals surface area contributed by atoms with Crippen LogP contribution in [0.4, 0.5) is 5.69 Å². The van der Waals surface area contributed by atoms with Gasteiger partial charge in [-0.2, -0.15) is 0 Å². The van der Waals surface area contributed by atoms with Crippen LogP contribution >= 0.6 is 0 Å². The van der Waals surface area contributed by atoms with Crippen molar-refractivity contribution in [3.8, 4) is 11.5 Å². The maximum Gasteiger partial charge on any atom is 0.264 e. The molecular formula is C23H24N4O5. The predicted molar refractivity (Wildman–Crippen MR) is 119 cm³/mol. The molecule has 1 unspecified atom stereocenters. The molecule has 0 radical (unpaired) electrons. The molecule has 2 aromatic carbocycles. The monoisotopic (exact) mass is 436 g/mol. The number of anilines is 1. The molecule has 1 aliphatic heterocycles. The number of aromatic nitrogens is 2. The van der Waals surface area contributed by atoms with E-state index >= 15 is 0 Å². The highest BCUT2D eigenvalue weighted by Crippen LogP contribution is 2.26. The molecule has 0 aliphatic carbocycles. The molecular weight excluding hydrogens is 412 g/mol. The number of hydrogen-bond donors (Lipinski definition) is 2. The minimum Gasteiger partial charge on any atom is -0.497 e. The number of imide groups is 1. The summed E-state index contributed by atoms with van der Waals surface area (Å²) in [6.07, 6.45) is 0.440. The molecule has 9 nitrogen and oxygen atoms in total. The molecule has 2 N–H and O–H groups in total. The smallest absolute Gasteiger partial charge is 0.264 e.